The fourth-order valence-corrected chi connectivity index (χ4v) is 3.46. The molecule has 2 N–H and O–H groups in total. The monoisotopic (exact) mass is 355 g/mol. The molecule has 0 spiro atoms. The lowest BCUT2D eigenvalue weighted by Crippen LogP contribution is -2.25. The molecule has 2 aromatic rings. The fourth-order valence-electron chi connectivity index (χ4n) is 2.57. The van der Waals surface area contributed by atoms with Crippen molar-refractivity contribution in [1.29, 1.82) is 5.41 Å². The maximum Gasteiger partial charge on any atom is 0.239 e. The molecular formula is C19H21N3O2S. The Bertz CT molecular complexity index is 744. The van der Waals surface area contributed by atoms with Crippen molar-refractivity contribution in [2.75, 3.05) is 6.61 Å². The van der Waals surface area contributed by atoms with Gasteiger partial charge in [0.05, 0.1) is 11.9 Å². The molecule has 1 aliphatic heterocycles. The summed E-state index contributed by atoms with van der Waals surface area (Å²) < 4.78 is 5.77. The Kier molecular flexibility index (Phi) is 5.71. The first kappa shape index (κ1) is 17.5. The topological polar surface area (TPSA) is 75.1 Å². The van der Waals surface area contributed by atoms with Gasteiger partial charge in [-0.05, 0) is 42.2 Å². The lowest BCUT2D eigenvalue weighted by Gasteiger charge is -2.09. The highest BCUT2D eigenvalue weighted by Gasteiger charge is 2.29. The average molecular weight is 355 g/mol. The quantitative estimate of drug-likeness (QED) is 0.801. The van der Waals surface area contributed by atoms with Gasteiger partial charge in [-0.25, -0.2) is 0 Å². The van der Waals surface area contributed by atoms with Gasteiger partial charge in [0.15, 0.2) is 5.17 Å². The standard InChI is InChI=1S/C19H21N3O2S/c1-2-13-3-6-15(21-12-13)9-10-24-16-7-4-14(5-8-16)11-17-18(23)22-19(20)25-17/h3-8,12,17H,2,9-11H2,1H3,(H2,20,22,23). The van der Waals surface area contributed by atoms with E-state index in [0.717, 1.165) is 29.8 Å². The van der Waals surface area contributed by atoms with Crippen molar-refractivity contribution in [2.24, 2.45) is 0 Å². The molecule has 1 unspecified atom stereocenters. The van der Waals surface area contributed by atoms with Gasteiger partial charge in [0.1, 0.15) is 5.75 Å². The van der Waals surface area contributed by atoms with Crippen molar-refractivity contribution in [2.45, 2.75) is 31.4 Å². The SMILES string of the molecule is CCc1ccc(CCOc2ccc(CC3SC(=N)NC3=O)cc2)nc1. The first-order valence-electron chi connectivity index (χ1n) is 8.35. The summed E-state index contributed by atoms with van der Waals surface area (Å²) in [6.07, 6.45) is 4.30. The molecule has 1 atom stereocenters. The van der Waals surface area contributed by atoms with Gasteiger partial charge in [0.2, 0.25) is 5.91 Å². The van der Waals surface area contributed by atoms with Gasteiger partial charge < -0.3 is 10.1 Å². The van der Waals surface area contributed by atoms with Crippen LogP contribution >= 0.6 is 11.8 Å². The third-order valence-electron chi connectivity index (χ3n) is 4.05. The predicted octanol–water partition coefficient (Wildman–Crippen LogP) is 2.97. The van der Waals surface area contributed by atoms with Crippen LogP contribution in [0.4, 0.5) is 0 Å². The number of aryl methyl sites for hydroxylation is 1. The Morgan fingerprint density at radius 2 is 1.96 bits per heavy atom. The van der Waals surface area contributed by atoms with Crippen molar-refractivity contribution < 1.29 is 9.53 Å². The van der Waals surface area contributed by atoms with Gasteiger partial charge in [0.25, 0.3) is 0 Å². The molecule has 3 rings (SSSR count). The number of aromatic nitrogens is 1. The zero-order chi connectivity index (χ0) is 17.6. The van der Waals surface area contributed by atoms with Crippen molar-refractivity contribution in [1.82, 2.24) is 10.3 Å². The average Bonchev–Trinajstić information content (AvgIpc) is 2.94. The Labute approximate surface area is 151 Å². The molecule has 5 nitrogen and oxygen atoms in total. The highest BCUT2D eigenvalue weighted by Crippen LogP contribution is 2.23. The number of amides is 1. The number of thioether (sulfide) groups is 1. The Morgan fingerprint density at radius 3 is 2.56 bits per heavy atom. The van der Waals surface area contributed by atoms with Gasteiger partial charge >= 0.3 is 0 Å². The number of rotatable bonds is 7. The van der Waals surface area contributed by atoms with E-state index in [1.165, 1.54) is 17.3 Å². The van der Waals surface area contributed by atoms with Crippen LogP contribution in [-0.2, 0) is 24.1 Å². The van der Waals surface area contributed by atoms with E-state index >= 15 is 0 Å². The molecule has 1 aliphatic rings. The van der Waals surface area contributed by atoms with Crippen LogP contribution in [-0.4, -0.2) is 27.9 Å². The molecule has 1 aromatic heterocycles. The van der Waals surface area contributed by atoms with E-state index < -0.39 is 0 Å². The number of nitrogens with one attached hydrogen (secondary N) is 2. The van der Waals surface area contributed by atoms with Crippen LogP contribution in [0.2, 0.25) is 0 Å². The molecule has 1 fully saturated rings. The Hall–Kier alpha value is -2.34. The zero-order valence-corrected chi connectivity index (χ0v) is 14.9. The zero-order valence-electron chi connectivity index (χ0n) is 14.1. The van der Waals surface area contributed by atoms with E-state index in [9.17, 15) is 4.79 Å². The molecule has 0 bridgehead atoms. The van der Waals surface area contributed by atoms with Crippen LogP contribution in [0, 0.1) is 5.41 Å². The number of hydrogen-bond acceptors (Lipinski definition) is 5. The second-order valence-corrected chi connectivity index (χ2v) is 7.10. The minimum Gasteiger partial charge on any atom is -0.493 e. The van der Waals surface area contributed by atoms with Crippen LogP contribution < -0.4 is 10.1 Å². The van der Waals surface area contributed by atoms with Crippen LogP contribution in [0.15, 0.2) is 42.6 Å². The summed E-state index contributed by atoms with van der Waals surface area (Å²) in [4.78, 5) is 16.1. The summed E-state index contributed by atoms with van der Waals surface area (Å²) in [5.41, 5.74) is 3.33. The highest BCUT2D eigenvalue weighted by atomic mass is 32.2. The molecule has 130 valence electrons. The molecule has 0 aliphatic carbocycles. The molecule has 6 heteroatoms. The largest absolute Gasteiger partial charge is 0.493 e. The normalized spacial score (nSPS) is 16.8. The number of carbonyl (C=O) groups is 1. The molecule has 2 heterocycles. The number of carbonyl (C=O) groups excluding carboxylic acids is 1. The molecule has 0 radical (unpaired) electrons. The fraction of sp³-hybridized carbons (Fsp3) is 0.316. The molecular weight excluding hydrogens is 334 g/mol. The third kappa shape index (κ3) is 4.82. The lowest BCUT2D eigenvalue weighted by molar-refractivity contribution is -0.118. The Morgan fingerprint density at radius 1 is 1.20 bits per heavy atom. The van der Waals surface area contributed by atoms with Crippen LogP contribution in [0.1, 0.15) is 23.7 Å². The van der Waals surface area contributed by atoms with Gasteiger partial charge in [-0.15, -0.1) is 0 Å². The minimum absolute atomic E-state index is 0.0862. The molecule has 0 saturated carbocycles. The molecule has 1 amide bonds. The minimum atomic E-state index is -0.212. The van der Waals surface area contributed by atoms with Crippen LogP contribution in [0.5, 0.6) is 5.75 Å². The van der Waals surface area contributed by atoms with Gasteiger partial charge in [-0.2, -0.15) is 0 Å². The van der Waals surface area contributed by atoms with Gasteiger partial charge in [-0.1, -0.05) is 36.9 Å². The highest BCUT2D eigenvalue weighted by molar-refractivity contribution is 8.15. The number of nitrogens with zero attached hydrogens (tertiary/aromatic N) is 1. The van der Waals surface area contributed by atoms with Crippen LogP contribution in [0.25, 0.3) is 0 Å². The second-order valence-electron chi connectivity index (χ2n) is 5.88. The van der Waals surface area contributed by atoms with Crippen molar-refractivity contribution in [3.63, 3.8) is 0 Å². The number of pyridine rings is 1. The smallest absolute Gasteiger partial charge is 0.239 e. The molecule has 1 aromatic carbocycles. The summed E-state index contributed by atoms with van der Waals surface area (Å²) >= 11 is 1.27. The van der Waals surface area contributed by atoms with Gasteiger partial charge in [0, 0.05) is 18.3 Å². The van der Waals surface area contributed by atoms with E-state index in [1.807, 2.05) is 36.5 Å². The number of hydrogen-bond donors (Lipinski definition) is 2. The van der Waals surface area contributed by atoms with E-state index in [-0.39, 0.29) is 16.3 Å². The lowest BCUT2D eigenvalue weighted by atomic mass is 10.1. The van der Waals surface area contributed by atoms with E-state index in [0.29, 0.717) is 13.0 Å². The summed E-state index contributed by atoms with van der Waals surface area (Å²) in [7, 11) is 0. The van der Waals surface area contributed by atoms with Crippen molar-refractivity contribution in [3.8, 4) is 5.75 Å². The third-order valence-corrected chi connectivity index (χ3v) is 5.06. The number of benzene rings is 1. The summed E-state index contributed by atoms with van der Waals surface area (Å²) in [6, 6.07) is 11.9. The van der Waals surface area contributed by atoms with Crippen molar-refractivity contribution >= 4 is 22.8 Å². The number of amidine groups is 1. The van der Waals surface area contributed by atoms with Crippen molar-refractivity contribution in [3.05, 3.63) is 59.4 Å². The molecule has 25 heavy (non-hydrogen) atoms. The number of ether oxygens (including phenoxy) is 1. The van der Waals surface area contributed by atoms with E-state index in [1.54, 1.807) is 0 Å². The summed E-state index contributed by atoms with van der Waals surface area (Å²) in [6.45, 7) is 2.70. The Balaban J connectivity index is 1.47. The first-order chi connectivity index (χ1) is 12.1. The summed E-state index contributed by atoms with van der Waals surface area (Å²) in [5, 5.41) is 10.0. The second kappa shape index (κ2) is 8.16. The van der Waals surface area contributed by atoms with E-state index in [4.69, 9.17) is 10.1 Å². The maximum absolute atomic E-state index is 11.7. The summed E-state index contributed by atoms with van der Waals surface area (Å²) in [5.74, 6) is 0.724. The molecule has 1 saturated heterocycles. The van der Waals surface area contributed by atoms with Crippen LogP contribution in [0.3, 0.4) is 0 Å². The van der Waals surface area contributed by atoms with Gasteiger partial charge in [-0.3, -0.25) is 15.2 Å². The predicted molar refractivity (Wildman–Crippen MR) is 100 cm³/mol. The first-order valence-corrected chi connectivity index (χ1v) is 9.23. The maximum atomic E-state index is 11.7. The van der Waals surface area contributed by atoms with E-state index in [2.05, 4.69) is 23.3 Å².